The molecule has 2 N–H and O–H groups in total. The second-order valence-electron chi connectivity index (χ2n) is 9.70. The zero-order valence-electron chi connectivity index (χ0n) is 19.0. The van der Waals surface area contributed by atoms with Crippen LogP contribution in [0.4, 0.5) is 25.4 Å². The average molecular weight is 517 g/mol. The second kappa shape index (κ2) is 9.30. The van der Waals surface area contributed by atoms with Crippen LogP contribution >= 0.6 is 23.2 Å². The molecule has 3 atom stereocenters. The van der Waals surface area contributed by atoms with Crippen molar-refractivity contribution in [2.45, 2.75) is 43.4 Å². The Morgan fingerprint density at radius 1 is 1.24 bits per heavy atom. The van der Waals surface area contributed by atoms with E-state index in [1.165, 1.54) is 11.0 Å². The second-order valence-corrected chi connectivity index (χ2v) is 10.8. The number of amides is 3. The molecule has 3 aliphatic rings. The molecule has 1 aromatic carbocycles. The molecule has 2 saturated heterocycles. The van der Waals surface area contributed by atoms with E-state index in [9.17, 15) is 18.8 Å². The molecule has 2 aliphatic heterocycles. The molecule has 1 saturated carbocycles. The van der Waals surface area contributed by atoms with Crippen LogP contribution in [0.3, 0.4) is 0 Å². The van der Waals surface area contributed by atoms with E-state index in [1.54, 1.807) is 12.1 Å². The summed E-state index contributed by atoms with van der Waals surface area (Å²) in [5.41, 5.74) is 0.248. The summed E-state index contributed by atoms with van der Waals surface area (Å²) < 4.78 is 25.5. The van der Waals surface area contributed by atoms with Crippen LogP contribution in [0.15, 0.2) is 18.2 Å². The predicted molar refractivity (Wildman–Crippen MR) is 125 cm³/mol. The summed E-state index contributed by atoms with van der Waals surface area (Å²) in [4.78, 5) is 37.7. The number of carbonyl (C=O) groups is 3. The third-order valence-electron chi connectivity index (χ3n) is 6.04. The van der Waals surface area contributed by atoms with E-state index in [0.717, 1.165) is 0 Å². The highest BCUT2D eigenvalue weighted by Crippen LogP contribution is 2.47. The molecule has 9 nitrogen and oxygen atoms in total. The molecule has 1 aromatic rings. The fourth-order valence-corrected chi connectivity index (χ4v) is 4.59. The normalized spacial score (nSPS) is 25.8. The number of cyclic esters (lactones) is 1. The number of rotatable bonds is 6. The van der Waals surface area contributed by atoms with Crippen molar-refractivity contribution in [3.63, 3.8) is 0 Å². The lowest BCUT2D eigenvalue weighted by atomic mass is 10.2. The highest BCUT2D eigenvalue weighted by molar-refractivity contribution is 6.53. The highest BCUT2D eigenvalue weighted by Gasteiger charge is 2.57. The van der Waals surface area contributed by atoms with Gasteiger partial charge in [0, 0.05) is 31.0 Å². The molecule has 0 radical (unpaired) electrons. The third kappa shape index (κ3) is 5.43. The van der Waals surface area contributed by atoms with E-state index in [2.05, 4.69) is 10.6 Å². The molecule has 0 aromatic heterocycles. The topological polar surface area (TPSA) is 100 Å². The first-order valence-electron chi connectivity index (χ1n) is 11.0. The van der Waals surface area contributed by atoms with Crippen molar-refractivity contribution < 1.29 is 28.2 Å². The first-order valence-corrected chi connectivity index (χ1v) is 11.9. The Labute approximate surface area is 206 Å². The van der Waals surface area contributed by atoms with Gasteiger partial charge in [-0.25, -0.2) is 14.0 Å². The van der Waals surface area contributed by atoms with E-state index in [0.29, 0.717) is 24.5 Å². The molecule has 2 heterocycles. The van der Waals surface area contributed by atoms with Gasteiger partial charge < -0.3 is 25.0 Å². The molecule has 3 unspecified atom stereocenters. The molecule has 1 aliphatic carbocycles. The van der Waals surface area contributed by atoms with Gasteiger partial charge in [0.2, 0.25) is 0 Å². The number of nitrogens with one attached hydrogen (secondary N) is 2. The lowest BCUT2D eigenvalue weighted by Gasteiger charge is -2.25. The lowest BCUT2D eigenvalue weighted by molar-refractivity contribution is -0.119. The standard InChI is InChI=1S/C22H27Cl2FN4O5/c1-22(2,3)34-20(31)27-17-13-9-28(10-14(13)17)16-5-4-11(6-15(16)25)29-8-12(33-21(29)32)7-26-19(30)18(23)24/h4-6,12-14,17-18H,7-10H2,1-3H3,(H,26,30)(H,27,31). The number of alkyl halides is 2. The molecule has 186 valence electrons. The van der Waals surface area contributed by atoms with Crippen LogP contribution in [-0.4, -0.2) is 66.9 Å². The Morgan fingerprint density at radius 2 is 1.91 bits per heavy atom. The smallest absolute Gasteiger partial charge is 0.414 e. The van der Waals surface area contributed by atoms with Crippen LogP contribution in [0.2, 0.25) is 0 Å². The summed E-state index contributed by atoms with van der Waals surface area (Å²) in [5, 5.41) is 5.38. The van der Waals surface area contributed by atoms with E-state index < -0.39 is 40.5 Å². The summed E-state index contributed by atoms with van der Waals surface area (Å²) in [6.45, 7) is 6.88. The number of carbonyl (C=O) groups excluding carboxylic acids is 3. The maximum atomic E-state index is 15.0. The van der Waals surface area contributed by atoms with Gasteiger partial charge in [0.05, 0.1) is 24.5 Å². The Morgan fingerprint density at radius 3 is 2.50 bits per heavy atom. The van der Waals surface area contributed by atoms with Gasteiger partial charge in [-0.1, -0.05) is 23.2 Å². The van der Waals surface area contributed by atoms with Crippen molar-refractivity contribution in [1.82, 2.24) is 10.6 Å². The van der Waals surface area contributed by atoms with Crippen LogP contribution in [0.25, 0.3) is 0 Å². The van der Waals surface area contributed by atoms with E-state index >= 15 is 0 Å². The summed E-state index contributed by atoms with van der Waals surface area (Å²) in [7, 11) is 0. The number of piperidine rings is 1. The molecule has 34 heavy (non-hydrogen) atoms. The summed E-state index contributed by atoms with van der Waals surface area (Å²) in [5.74, 6) is -0.541. The number of halogens is 3. The minimum atomic E-state index is -1.21. The monoisotopic (exact) mass is 516 g/mol. The van der Waals surface area contributed by atoms with E-state index in [-0.39, 0.29) is 31.0 Å². The number of alkyl carbamates (subject to hydrolysis) is 1. The first-order chi connectivity index (χ1) is 15.9. The van der Waals surface area contributed by atoms with Crippen molar-refractivity contribution in [2.75, 3.05) is 36.0 Å². The summed E-state index contributed by atoms with van der Waals surface area (Å²) in [6.07, 6.45) is -1.67. The number of anilines is 2. The van der Waals surface area contributed by atoms with Gasteiger partial charge in [-0.3, -0.25) is 9.69 Å². The minimum absolute atomic E-state index is 0.0399. The minimum Gasteiger partial charge on any atom is -0.444 e. The lowest BCUT2D eigenvalue weighted by Crippen LogP contribution is -2.38. The van der Waals surface area contributed by atoms with E-state index in [4.69, 9.17) is 32.7 Å². The number of benzene rings is 1. The van der Waals surface area contributed by atoms with Gasteiger partial charge in [0.25, 0.3) is 5.91 Å². The largest absolute Gasteiger partial charge is 0.444 e. The first kappa shape index (κ1) is 24.7. The molecule has 0 bridgehead atoms. The average Bonchev–Trinajstić information content (AvgIpc) is 3.06. The molecular weight excluding hydrogens is 490 g/mol. The quantitative estimate of drug-likeness (QED) is 0.563. The fraction of sp³-hybridized carbons (Fsp3) is 0.591. The van der Waals surface area contributed by atoms with Crippen LogP contribution in [0.5, 0.6) is 0 Å². The van der Waals surface area contributed by atoms with Crippen LogP contribution in [0.1, 0.15) is 20.8 Å². The van der Waals surface area contributed by atoms with Crippen LogP contribution in [0, 0.1) is 17.7 Å². The van der Waals surface area contributed by atoms with Gasteiger partial charge >= 0.3 is 12.2 Å². The van der Waals surface area contributed by atoms with Crippen molar-refractivity contribution in [1.29, 1.82) is 0 Å². The van der Waals surface area contributed by atoms with Gasteiger partial charge in [0.15, 0.2) is 4.84 Å². The van der Waals surface area contributed by atoms with Crippen molar-refractivity contribution in [3.8, 4) is 0 Å². The van der Waals surface area contributed by atoms with Gasteiger partial charge in [-0.05, 0) is 39.0 Å². The maximum absolute atomic E-state index is 15.0. The van der Waals surface area contributed by atoms with Crippen molar-refractivity contribution in [3.05, 3.63) is 24.0 Å². The Bertz CT molecular complexity index is 977. The Balaban J connectivity index is 1.30. The Hall–Kier alpha value is -2.46. The zero-order chi connectivity index (χ0) is 24.8. The summed E-state index contributed by atoms with van der Waals surface area (Å²) >= 11 is 11.0. The maximum Gasteiger partial charge on any atom is 0.414 e. The van der Waals surface area contributed by atoms with Crippen molar-refractivity contribution >= 4 is 52.7 Å². The molecule has 12 heteroatoms. The molecule has 4 rings (SSSR count). The molecule has 0 spiro atoms. The van der Waals surface area contributed by atoms with Gasteiger partial charge in [0.1, 0.15) is 17.5 Å². The SMILES string of the molecule is CC(C)(C)OC(=O)NC1C2CN(c3ccc(N4CC(CNC(=O)C(Cl)Cl)OC4=O)cc3F)CC21. The summed E-state index contributed by atoms with van der Waals surface area (Å²) in [6, 6.07) is 4.64. The number of ether oxygens (including phenoxy) is 2. The number of fused-ring (bicyclic) bond motifs is 1. The molecule has 3 amide bonds. The Kier molecular flexibility index (Phi) is 6.74. The number of nitrogens with zero attached hydrogens (tertiary/aromatic N) is 2. The number of hydrogen-bond donors (Lipinski definition) is 2. The highest BCUT2D eigenvalue weighted by atomic mass is 35.5. The number of hydrogen-bond acceptors (Lipinski definition) is 6. The molecular formula is C22H27Cl2FN4O5. The van der Waals surface area contributed by atoms with Gasteiger partial charge in [-0.15, -0.1) is 0 Å². The van der Waals surface area contributed by atoms with Crippen molar-refractivity contribution in [2.24, 2.45) is 11.8 Å². The fourth-order valence-electron chi connectivity index (χ4n) is 4.43. The third-order valence-corrected chi connectivity index (χ3v) is 6.43. The predicted octanol–water partition coefficient (Wildman–Crippen LogP) is 3.03. The zero-order valence-corrected chi connectivity index (χ0v) is 20.5. The van der Waals surface area contributed by atoms with Crippen LogP contribution < -0.4 is 20.4 Å². The van der Waals surface area contributed by atoms with Crippen LogP contribution in [-0.2, 0) is 14.3 Å². The molecule has 3 fully saturated rings. The van der Waals surface area contributed by atoms with Gasteiger partial charge in [-0.2, -0.15) is 0 Å². The van der Waals surface area contributed by atoms with E-state index in [1.807, 2.05) is 25.7 Å².